The Balaban J connectivity index is 1.81. The predicted octanol–water partition coefficient (Wildman–Crippen LogP) is 6.46. The van der Waals surface area contributed by atoms with E-state index in [0.29, 0.717) is 6.42 Å². The van der Waals surface area contributed by atoms with Gasteiger partial charge in [-0.2, -0.15) is 5.26 Å². The fraction of sp³-hybridized carbons (Fsp3) is 0.350. The zero-order valence-electron chi connectivity index (χ0n) is 14.1. The molecular weight excluding hydrogens is 314 g/mol. The Morgan fingerprint density at radius 2 is 1.57 bits per heavy atom. The molecule has 2 aromatic carbocycles. The van der Waals surface area contributed by atoms with Gasteiger partial charge in [-0.3, -0.25) is 0 Å². The van der Waals surface area contributed by atoms with E-state index in [0.717, 1.165) is 6.42 Å². The van der Waals surface area contributed by atoms with Crippen LogP contribution >= 0.6 is 11.8 Å². The minimum Gasteiger partial charge on any atom is -0.198 e. The second-order valence-electron chi connectivity index (χ2n) is 6.66. The lowest BCUT2D eigenvalue weighted by Crippen LogP contribution is -2.25. The molecule has 0 saturated heterocycles. The van der Waals surface area contributed by atoms with E-state index in [9.17, 15) is 0 Å². The monoisotopic (exact) mass is 339 g/mol. The molecule has 0 aliphatic carbocycles. The summed E-state index contributed by atoms with van der Waals surface area (Å²) in [5.74, 6) is 1.19. The molecule has 23 heavy (non-hydrogen) atoms. The van der Waals surface area contributed by atoms with Crippen molar-refractivity contribution in [2.75, 3.05) is 5.75 Å². The van der Waals surface area contributed by atoms with E-state index in [1.165, 1.54) is 33.9 Å². The summed E-state index contributed by atoms with van der Waals surface area (Å²) >= 11 is 1.96. The number of hydrogen-bond donors (Lipinski definition) is 0. The van der Waals surface area contributed by atoms with Gasteiger partial charge in [0.1, 0.15) is 0 Å². The van der Waals surface area contributed by atoms with E-state index in [1.54, 1.807) is 0 Å². The van der Waals surface area contributed by atoms with Crippen LogP contribution in [0.25, 0.3) is 11.1 Å². The third-order valence-electron chi connectivity index (χ3n) is 4.15. The van der Waals surface area contributed by atoms with Crippen LogP contribution in [0.1, 0.15) is 12.8 Å². The van der Waals surface area contributed by atoms with E-state index in [2.05, 4.69) is 73.8 Å². The van der Waals surface area contributed by atoms with Crippen molar-refractivity contribution in [1.82, 2.24) is 0 Å². The molecule has 0 heterocycles. The zero-order chi connectivity index (χ0) is 16.5. The average molecular weight is 340 g/mol. The van der Waals surface area contributed by atoms with Crippen LogP contribution in [0.15, 0.2) is 59.5 Å². The van der Waals surface area contributed by atoms with Crippen molar-refractivity contribution in [1.29, 1.82) is 5.26 Å². The van der Waals surface area contributed by atoms with Crippen molar-refractivity contribution in [2.45, 2.75) is 42.9 Å². The summed E-state index contributed by atoms with van der Waals surface area (Å²) in [6, 6.07) is 24.3. The lowest BCUT2D eigenvalue weighted by Gasteiger charge is -2.21. The van der Waals surface area contributed by atoms with Crippen molar-refractivity contribution in [3.8, 4) is 17.2 Å². The minimum atomic E-state index is -1.13. The largest absolute Gasteiger partial charge is 0.198 e. The molecule has 0 amide bonds. The maximum absolute atomic E-state index is 8.65. The normalized spacial score (nSPS) is 11.2. The quantitative estimate of drug-likeness (QED) is 0.313. The van der Waals surface area contributed by atoms with E-state index in [4.69, 9.17) is 5.26 Å². The summed E-state index contributed by atoms with van der Waals surface area (Å²) < 4.78 is 0. The second kappa shape index (κ2) is 8.96. The summed E-state index contributed by atoms with van der Waals surface area (Å²) in [5, 5.41) is 8.65. The summed E-state index contributed by atoms with van der Waals surface area (Å²) in [6.45, 7) is 4.90. The lowest BCUT2D eigenvalue weighted by atomic mass is 10.1. The van der Waals surface area contributed by atoms with Crippen molar-refractivity contribution < 1.29 is 0 Å². The Morgan fingerprint density at radius 3 is 2.22 bits per heavy atom. The lowest BCUT2D eigenvalue weighted by molar-refractivity contribution is 0.937. The Hall–Kier alpha value is -1.50. The molecule has 0 spiro atoms. The van der Waals surface area contributed by atoms with Gasteiger partial charge in [0.05, 0.1) is 6.07 Å². The van der Waals surface area contributed by atoms with Gasteiger partial charge in [0.15, 0.2) is 0 Å². The number of benzene rings is 2. The molecule has 0 N–H and O–H groups in total. The molecule has 0 unspecified atom stereocenters. The van der Waals surface area contributed by atoms with E-state index in [1.807, 2.05) is 11.8 Å². The van der Waals surface area contributed by atoms with Crippen LogP contribution in [0.2, 0.25) is 25.2 Å². The number of nitriles is 1. The van der Waals surface area contributed by atoms with Gasteiger partial charge >= 0.3 is 0 Å². The molecule has 0 bridgehead atoms. The molecule has 1 nitrogen and oxygen atoms in total. The fourth-order valence-electron chi connectivity index (χ4n) is 2.59. The first-order valence-electron chi connectivity index (χ1n) is 8.26. The Kier molecular flexibility index (Phi) is 6.95. The summed E-state index contributed by atoms with van der Waals surface area (Å²) in [6.07, 6.45) is 1.79. The SMILES string of the molecule is C[Si](C)(CCCC#N)CCSc1ccc(-c2ccccc2)cc1. The molecule has 0 aliphatic heterocycles. The average Bonchev–Trinajstić information content (AvgIpc) is 2.56. The van der Waals surface area contributed by atoms with Gasteiger partial charge in [-0.1, -0.05) is 61.6 Å². The van der Waals surface area contributed by atoms with Gasteiger partial charge in [-0.15, -0.1) is 11.8 Å². The maximum Gasteiger partial charge on any atom is 0.0621 e. The third kappa shape index (κ3) is 6.25. The first-order chi connectivity index (χ1) is 11.1. The van der Waals surface area contributed by atoms with Gasteiger partial charge in [0, 0.05) is 19.4 Å². The van der Waals surface area contributed by atoms with Gasteiger partial charge in [-0.25, -0.2) is 0 Å². The van der Waals surface area contributed by atoms with Crippen molar-refractivity contribution in [3.63, 3.8) is 0 Å². The van der Waals surface area contributed by atoms with Crippen molar-refractivity contribution in [2.24, 2.45) is 0 Å². The summed E-state index contributed by atoms with van der Waals surface area (Å²) in [4.78, 5) is 1.35. The third-order valence-corrected chi connectivity index (χ3v) is 8.84. The Labute approximate surface area is 145 Å². The van der Waals surface area contributed by atoms with Crippen LogP contribution in [0, 0.1) is 11.3 Å². The highest BCUT2D eigenvalue weighted by molar-refractivity contribution is 7.99. The van der Waals surface area contributed by atoms with Crippen molar-refractivity contribution >= 4 is 19.8 Å². The van der Waals surface area contributed by atoms with Crippen LogP contribution < -0.4 is 0 Å². The summed E-state index contributed by atoms with van der Waals surface area (Å²) in [5.41, 5.74) is 2.55. The maximum atomic E-state index is 8.65. The zero-order valence-corrected chi connectivity index (χ0v) is 15.9. The van der Waals surface area contributed by atoms with Gasteiger partial charge < -0.3 is 0 Å². The molecule has 2 aromatic rings. The Morgan fingerprint density at radius 1 is 0.913 bits per heavy atom. The van der Waals surface area contributed by atoms with Gasteiger partial charge in [0.25, 0.3) is 0 Å². The predicted molar refractivity (Wildman–Crippen MR) is 105 cm³/mol. The van der Waals surface area contributed by atoms with Crippen LogP contribution in [-0.2, 0) is 0 Å². The molecule has 2 rings (SSSR count). The minimum absolute atomic E-state index is 0.713. The Bertz CT molecular complexity index is 629. The number of unbranched alkanes of at least 4 members (excludes halogenated alkanes) is 1. The molecule has 3 heteroatoms. The fourth-order valence-corrected chi connectivity index (χ4v) is 7.16. The smallest absolute Gasteiger partial charge is 0.0621 e. The topological polar surface area (TPSA) is 23.8 Å². The van der Waals surface area contributed by atoms with Crippen LogP contribution in [-0.4, -0.2) is 13.8 Å². The van der Waals surface area contributed by atoms with E-state index < -0.39 is 8.07 Å². The number of rotatable bonds is 8. The highest BCUT2D eigenvalue weighted by Crippen LogP contribution is 2.27. The molecule has 0 saturated carbocycles. The van der Waals surface area contributed by atoms with E-state index in [-0.39, 0.29) is 0 Å². The molecule has 0 atom stereocenters. The van der Waals surface area contributed by atoms with Gasteiger partial charge in [-0.05, 0) is 41.5 Å². The van der Waals surface area contributed by atoms with E-state index >= 15 is 0 Å². The van der Waals surface area contributed by atoms with Crippen LogP contribution in [0.5, 0.6) is 0 Å². The molecule has 0 fully saturated rings. The molecule has 120 valence electrons. The highest BCUT2D eigenvalue weighted by atomic mass is 32.2. The number of hydrogen-bond acceptors (Lipinski definition) is 2. The van der Waals surface area contributed by atoms with Gasteiger partial charge in [0.2, 0.25) is 0 Å². The van der Waals surface area contributed by atoms with Crippen LogP contribution in [0.4, 0.5) is 0 Å². The molecule has 0 radical (unpaired) electrons. The number of nitrogens with zero attached hydrogens (tertiary/aromatic N) is 1. The summed E-state index contributed by atoms with van der Waals surface area (Å²) in [7, 11) is -1.13. The molecule has 0 aliphatic rings. The molecule has 0 aromatic heterocycles. The standard InChI is InChI=1S/C20H25NSSi/c1-23(2,16-7-6-14-21)17-15-22-20-12-10-19(11-13-20)18-8-4-3-5-9-18/h3-5,8-13H,6-7,15-17H2,1-2H3. The number of thioether (sulfide) groups is 1. The first kappa shape index (κ1) is 17.8. The second-order valence-corrected chi connectivity index (χ2v) is 13.2. The first-order valence-corrected chi connectivity index (χ1v) is 12.7. The molecular formula is C20H25NSSi. The van der Waals surface area contributed by atoms with Crippen LogP contribution in [0.3, 0.4) is 0 Å². The highest BCUT2D eigenvalue weighted by Gasteiger charge is 2.19. The van der Waals surface area contributed by atoms with Crippen molar-refractivity contribution in [3.05, 3.63) is 54.6 Å².